The van der Waals surface area contributed by atoms with E-state index in [-0.39, 0.29) is 5.82 Å². The molecule has 0 aliphatic carbocycles. The Morgan fingerprint density at radius 2 is 2.06 bits per heavy atom. The number of pyridine rings is 1. The first-order valence-electron chi connectivity index (χ1n) is 5.11. The summed E-state index contributed by atoms with van der Waals surface area (Å²) >= 11 is 0. The molecule has 0 aliphatic heterocycles. The summed E-state index contributed by atoms with van der Waals surface area (Å²) in [5.74, 6) is -0.256. The van der Waals surface area contributed by atoms with Crippen molar-refractivity contribution < 1.29 is 4.39 Å². The monoisotopic (exact) mass is 216 g/mol. The molecule has 0 bridgehead atoms. The largest absolute Gasteiger partial charge is 0.326 e. The van der Waals surface area contributed by atoms with Crippen molar-refractivity contribution in [1.82, 2.24) is 4.98 Å². The van der Waals surface area contributed by atoms with Crippen LogP contribution in [-0.4, -0.2) is 4.98 Å². The Morgan fingerprint density at radius 3 is 2.75 bits per heavy atom. The van der Waals surface area contributed by atoms with Crippen LogP contribution in [-0.2, 0) is 6.54 Å². The molecule has 1 heterocycles. The van der Waals surface area contributed by atoms with E-state index in [1.165, 1.54) is 12.1 Å². The highest BCUT2D eigenvalue weighted by Gasteiger charge is 2.06. The van der Waals surface area contributed by atoms with Gasteiger partial charge in [-0.3, -0.25) is 4.98 Å². The zero-order valence-corrected chi connectivity index (χ0v) is 9.07. The third kappa shape index (κ3) is 2.09. The highest BCUT2D eigenvalue weighted by Crippen LogP contribution is 2.24. The van der Waals surface area contributed by atoms with Crippen molar-refractivity contribution in [2.45, 2.75) is 13.5 Å². The lowest BCUT2D eigenvalue weighted by Gasteiger charge is -2.08. The second kappa shape index (κ2) is 4.41. The summed E-state index contributed by atoms with van der Waals surface area (Å²) in [5, 5.41) is 0. The van der Waals surface area contributed by atoms with Crippen molar-refractivity contribution in [3.63, 3.8) is 0 Å². The van der Waals surface area contributed by atoms with E-state index in [4.69, 9.17) is 5.73 Å². The van der Waals surface area contributed by atoms with Crippen molar-refractivity contribution in [3.8, 4) is 11.1 Å². The number of hydrogen-bond donors (Lipinski definition) is 1. The van der Waals surface area contributed by atoms with Crippen molar-refractivity contribution >= 4 is 0 Å². The first kappa shape index (κ1) is 10.8. The number of aromatic nitrogens is 1. The van der Waals surface area contributed by atoms with Gasteiger partial charge in [-0.2, -0.15) is 0 Å². The minimum Gasteiger partial charge on any atom is -0.326 e. The predicted octanol–water partition coefficient (Wildman–Crippen LogP) is 2.65. The molecular formula is C13H13FN2. The quantitative estimate of drug-likeness (QED) is 0.838. The Morgan fingerprint density at radius 1 is 1.25 bits per heavy atom. The summed E-state index contributed by atoms with van der Waals surface area (Å²) in [6.45, 7) is 2.35. The molecule has 2 rings (SSSR count). The number of nitrogens with two attached hydrogens (primary N) is 1. The lowest BCUT2D eigenvalue weighted by Crippen LogP contribution is -1.99. The molecule has 82 valence electrons. The van der Waals surface area contributed by atoms with E-state index >= 15 is 0 Å². The molecule has 0 saturated heterocycles. The van der Waals surface area contributed by atoms with Crippen LogP contribution < -0.4 is 5.73 Å². The smallest absolute Gasteiger partial charge is 0.123 e. The minimum atomic E-state index is -0.256. The van der Waals surface area contributed by atoms with Gasteiger partial charge >= 0.3 is 0 Å². The Kier molecular flexibility index (Phi) is 2.97. The Labute approximate surface area is 93.9 Å². The molecule has 0 saturated carbocycles. The van der Waals surface area contributed by atoms with Crippen LogP contribution in [0.2, 0.25) is 0 Å². The molecule has 2 aromatic rings. The lowest BCUT2D eigenvalue weighted by molar-refractivity contribution is 0.627. The number of halogens is 1. The molecule has 0 aliphatic rings. The van der Waals surface area contributed by atoms with Crippen LogP contribution in [0.1, 0.15) is 11.1 Å². The molecule has 2 nitrogen and oxygen atoms in total. The number of aryl methyl sites for hydroxylation is 1. The average molecular weight is 216 g/mol. The summed E-state index contributed by atoms with van der Waals surface area (Å²) in [4.78, 5) is 4.10. The predicted molar refractivity (Wildman–Crippen MR) is 62.3 cm³/mol. The fraction of sp³-hybridized carbons (Fsp3) is 0.154. The lowest BCUT2D eigenvalue weighted by atomic mass is 10.00. The van der Waals surface area contributed by atoms with Gasteiger partial charge in [-0.1, -0.05) is 6.07 Å². The third-order valence-electron chi connectivity index (χ3n) is 2.48. The van der Waals surface area contributed by atoms with Crippen molar-refractivity contribution in [2.24, 2.45) is 5.73 Å². The van der Waals surface area contributed by atoms with Gasteiger partial charge in [0.25, 0.3) is 0 Å². The van der Waals surface area contributed by atoms with Crippen LogP contribution in [0.3, 0.4) is 0 Å². The molecular weight excluding hydrogens is 203 g/mol. The number of rotatable bonds is 2. The molecule has 1 aromatic heterocycles. The maximum absolute atomic E-state index is 13.2. The fourth-order valence-corrected chi connectivity index (χ4v) is 1.70. The Hall–Kier alpha value is -1.74. The Bertz CT molecular complexity index is 509. The van der Waals surface area contributed by atoms with Gasteiger partial charge in [0.2, 0.25) is 0 Å². The molecule has 0 amide bonds. The summed E-state index contributed by atoms with van der Waals surface area (Å²) < 4.78 is 13.2. The van der Waals surface area contributed by atoms with E-state index in [0.29, 0.717) is 6.54 Å². The van der Waals surface area contributed by atoms with Crippen LogP contribution in [0.4, 0.5) is 4.39 Å². The van der Waals surface area contributed by atoms with Gasteiger partial charge in [0, 0.05) is 24.5 Å². The van der Waals surface area contributed by atoms with E-state index in [1.807, 2.05) is 13.0 Å². The van der Waals surface area contributed by atoms with Crippen LogP contribution in [0, 0.1) is 12.7 Å². The van der Waals surface area contributed by atoms with Crippen molar-refractivity contribution in [3.05, 3.63) is 53.6 Å². The number of hydrogen-bond acceptors (Lipinski definition) is 2. The van der Waals surface area contributed by atoms with E-state index in [1.54, 1.807) is 18.5 Å². The molecule has 0 spiro atoms. The highest BCUT2D eigenvalue weighted by atomic mass is 19.1. The molecule has 1 aromatic carbocycles. The summed E-state index contributed by atoms with van der Waals surface area (Å²) in [6.07, 6.45) is 3.49. The first-order chi connectivity index (χ1) is 7.70. The van der Waals surface area contributed by atoms with E-state index in [0.717, 1.165) is 22.3 Å². The van der Waals surface area contributed by atoms with Crippen LogP contribution in [0.15, 0.2) is 36.7 Å². The fourth-order valence-electron chi connectivity index (χ4n) is 1.70. The molecule has 0 fully saturated rings. The van der Waals surface area contributed by atoms with Gasteiger partial charge in [-0.25, -0.2) is 4.39 Å². The first-order valence-corrected chi connectivity index (χ1v) is 5.11. The van der Waals surface area contributed by atoms with E-state index < -0.39 is 0 Å². The third-order valence-corrected chi connectivity index (χ3v) is 2.48. The normalized spacial score (nSPS) is 10.4. The second-order valence-corrected chi connectivity index (χ2v) is 3.76. The van der Waals surface area contributed by atoms with Crippen LogP contribution in [0.25, 0.3) is 11.1 Å². The zero-order valence-electron chi connectivity index (χ0n) is 9.07. The minimum absolute atomic E-state index is 0.256. The summed E-state index contributed by atoms with van der Waals surface area (Å²) in [7, 11) is 0. The maximum atomic E-state index is 13.2. The number of nitrogens with zero attached hydrogens (tertiary/aromatic N) is 1. The summed E-state index contributed by atoms with van der Waals surface area (Å²) in [5.41, 5.74) is 9.33. The van der Waals surface area contributed by atoms with Crippen LogP contribution in [0.5, 0.6) is 0 Å². The average Bonchev–Trinajstić information content (AvgIpc) is 2.29. The standard InChI is InChI=1S/C13H13FN2/c1-9-4-11(8-16-7-9)13-5-12(14)3-2-10(13)6-15/h2-5,7-8H,6,15H2,1H3. The van der Waals surface area contributed by atoms with Gasteiger partial charge in [0.15, 0.2) is 0 Å². The van der Waals surface area contributed by atoms with Gasteiger partial charge in [0.1, 0.15) is 5.82 Å². The van der Waals surface area contributed by atoms with Gasteiger partial charge in [-0.15, -0.1) is 0 Å². The SMILES string of the molecule is Cc1cncc(-c2cc(F)ccc2CN)c1. The van der Waals surface area contributed by atoms with Crippen LogP contribution >= 0.6 is 0 Å². The molecule has 0 unspecified atom stereocenters. The molecule has 0 atom stereocenters. The molecule has 16 heavy (non-hydrogen) atoms. The maximum Gasteiger partial charge on any atom is 0.123 e. The second-order valence-electron chi connectivity index (χ2n) is 3.76. The molecule has 3 heteroatoms. The number of benzene rings is 1. The van der Waals surface area contributed by atoms with E-state index in [2.05, 4.69) is 4.98 Å². The Balaban J connectivity index is 2.58. The molecule has 0 radical (unpaired) electrons. The van der Waals surface area contributed by atoms with Crippen molar-refractivity contribution in [2.75, 3.05) is 0 Å². The van der Waals surface area contributed by atoms with Gasteiger partial charge in [0.05, 0.1) is 0 Å². The van der Waals surface area contributed by atoms with E-state index in [9.17, 15) is 4.39 Å². The van der Waals surface area contributed by atoms with Gasteiger partial charge in [-0.05, 0) is 41.8 Å². The summed E-state index contributed by atoms with van der Waals surface area (Å²) in [6, 6.07) is 6.61. The van der Waals surface area contributed by atoms with Gasteiger partial charge < -0.3 is 5.73 Å². The highest BCUT2D eigenvalue weighted by molar-refractivity contribution is 5.67. The van der Waals surface area contributed by atoms with Crippen molar-refractivity contribution in [1.29, 1.82) is 0 Å². The topological polar surface area (TPSA) is 38.9 Å². The molecule has 2 N–H and O–H groups in total. The zero-order chi connectivity index (χ0) is 11.5.